The number of carbonyl (C=O) groups excluding carboxylic acids is 1. The minimum absolute atomic E-state index is 0.113. The normalized spacial score (nSPS) is 19.3. The highest BCUT2D eigenvalue weighted by Crippen LogP contribution is 2.20. The van der Waals surface area contributed by atoms with Gasteiger partial charge in [0.1, 0.15) is 0 Å². The van der Waals surface area contributed by atoms with Crippen LogP contribution in [0.1, 0.15) is 58.8 Å². The summed E-state index contributed by atoms with van der Waals surface area (Å²) in [4.78, 5) is 12.2. The molecule has 1 fully saturated rings. The Morgan fingerprint density at radius 3 is 2.47 bits per heavy atom. The molecule has 1 rings (SSSR count). The maximum atomic E-state index is 12.2. The molecule has 0 aliphatic heterocycles. The van der Waals surface area contributed by atoms with Gasteiger partial charge in [0.2, 0.25) is 5.91 Å². The Balaban J connectivity index is 2.39. The van der Waals surface area contributed by atoms with Gasteiger partial charge < -0.3 is 11.1 Å². The van der Waals surface area contributed by atoms with Crippen molar-refractivity contribution in [2.75, 3.05) is 6.54 Å². The third-order valence-corrected chi connectivity index (χ3v) is 3.59. The lowest BCUT2D eigenvalue weighted by molar-refractivity contribution is -0.126. The molecule has 0 aromatic rings. The van der Waals surface area contributed by atoms with Crippen LogP contribution in [0.15, 0.2) is 0 Å². The Morgan fingerprint density at radius 1 is 1.29 bits per heavy atom. The Hall–Kier alpha value is -0.570. The quantitative estimate of drug-likeness (QED) is 0.749. The lowest BCUT2D eigenvalue weighted by atomic mass is 9.91. The van der Waals surface area contributed by atoms with Crippen LogP contribution in [0.2, 0.25) is 0 Å². The molecule has 3 N–H and O–H groups in total. The van der Waals surface area contributed by atoms with E-state index in [1.54, 1.807) is 0 Å². The number of nitrogens with two attached hydrogens (primary N) is 1. The SMILES string of the molecule is CC(C)CC(CCN)C(=O)NC1CCCCC1. The third-order valence-electron chi connectivity index (χ3n) is 3.59. The van der Waals surface area contributed by atoms with E-state index in [1.807, 2.05) is 0 Å². The van der Waals surface area contributed by atoms with Gasteiger partial charge in [-0.3, -0.25) is 4.79 Å². The van der Waals surface area contributed by atoms with E-state index in [-0.39, 0.29) is 11.8 Å². The molecule has 0 aromatic heterocycles. The van der Waals surface area contributed by atoms with Crippen LogP contribution in [0.25, 0.3) is 0 Å². The lowest BCUT2D eigenvalue weighted by Crippen LogP contribution is -2.40. The summed E-state index contributed by atoms with van der Waals surface area (Å²) in [6, 6.07) is 0.420. The molecule has 1 aliphatic carbocycles. The van der Waals surface area contributed by atoms with Crippen molar-refractivity contribution < 1.29 is 4.79 Å². The summed E-state index contributed by atoms with van der Waals surface area (Å²) in [5.74, 6) is 0.904. The van der Waals surface area contributed by atoms with Gasteiger partial charge in [0, 0.05) is 12.0 Å². The Morgan fingerprint density at radius 2 is 1.94 bits per heavy atom. The molecule has 0 spiro atoms. The average Bonchev–Trinajstić information content (AvgIpc) is 2.29. The van der Waals surface area contributed by atoms with Crippen LogP contribution in [0, 0.1) is 11.8 Å². The predicted molar refractivity (Wildman–Crippen MR) is 71.6 cm³/mol. The zero-order valence-corrected chi connectivity index (χ0v) is 11.4. The van der Waals surface area contributed by atoms with Crippen LogP contribution >= 0.6 is 0 Å². The van der Waals surface area contributed by atoms with E-state index in [4.69, 9.17) is 5.73 Å². The third kappa shape index (κ3) is 5.53. The molecule has 1 unspecified atom stereocenters. The van der Waals surface area contributed by atoms with Crippen LogP contribution in [0.4, 0.5) is 0 Å². The van der Waals surface area contributed by atoms with Crippen LogP contribution in [0.5, 0.6) is 0 Å². The molecule has 3 heteroatoms. The highest BCUT2D eigenvalue weighted by Gasteiger charge is 2.22. The summed E-state index contributed by atoms with van der Waals surface area (Å²) in [7, 11) is 0. The van der Waals surface area contributed by atoms with Gasteiger partial charge in [-0.15, -0.1) is 0 Å². The van der Waals surface area contributed by atoms with Gasteiger partial charge in [-0.25, -0.2) is 0 Å². The lowest BCUT2D eigenvalue weighted by Gasteiger charge is -2.26. The van der Waals surface area contributed by atoms with E-state index in [0.29, 0.717) is 18.5 Å². The fourth-order valence-corrected chi connectivity index (χ4v) is 2.69. The van der Waals surface area contributed by atoms with Crippen molar-refractivity contribution in [3.63, 3.8) is 0 Å². The van der Waals surface area contributed by atoms with Gasteiger partial charge >= 0.3 is 0 Å². The van der Waals surface area contributed by atoms with Gasteiger partial charge in [0.05, 0.1) is 0 Å². The molecule has 1 atom stereocenters. The van der Waals surface area contributed by atoms with E-state index in [2.05, 4.69) is 19.2 Å². The monoisotopic (exact) mass is 240 g/mol. The van der Waals surface area contributed by atoms with Gasteiger partial charge in [-0.1, -0.05) is 33.1 Å². The predicted octanol–water partition coefficient (Wildman–Crippen LogP) is 2.45. The Bertz CT molecular complexity index is 222. The van der Waals surface area contributed by atoms with Crippen LogP contribution in [-0.2, 0) is 4.79 Å². The second-order valence-corrected chi connectivity index (χ2v) is 5.75. The fraction of sp³-hybridized carbons (Fsp3) is 0.929. The first-order valence-corrected chi connectivity index (χ1v) is 7.14. The molecule has 1 amide bonds. The van der Waals surface area contributed by atoms with Crippen molar-refractivity contribution in [3.8, 4) is 0 Å². The van der Waals surface area contributed by atoms with Gasteiger partial charge in [-0.05, 0) is 38.1 Å². The van der Waals surface area contributed by atoms with Gasteiger partial charge in [0.25, 0.3) is 0 Å². The molecule has 0 aromatic carbocycles. The number of amides is 1. The Labute approximate surface area is 106 Å². The van der Waals surface area contributed by atoms with E-state index in [1.165, 1.54) is 19.3 Å². The first kappa shape index (κ1) is 14.5. The summed E-state index contributed by atoms with van der Waals surface area (Å²) in [5, 5.41) is 3.21. The van der Waals surface area contributed by atoms with Gasteiger partial charge in [0.15, 0.2) is 0 Å². The van der Waals surface area contributed by atoms with E-state index < -0.39 is 0 Å². The van der Waals surface area contributed by atoms with Crippen LogP contribution in [0.3, 0.4) is 0 Å². The fourth-order valence-electron chi connectivity index (χ4n) is 2.69. The molecular formula is C14H28N2O. The average molecular weight is 240 g/mol. The summed E-state index contributed by atoms with van der Waals surface area (Å²) < 4.78 is 0. The summed E-state index contributed by atoms with van der Waals surface area (Å²) in [6.07, 6.45) is 7.93. The minimum atomic E-state index is 0.113. The van der Waals surface area contributed by atoms with Gasteiger partial charge in [-0.2, -0.15) is 0 Å². The standard InChI is InChI=1S/C14H28N2O/c1-11(2)10-12(8-9-15)14(17)16-13-6-4-3-5-7-13/h11-13H,3-10,15H2,1-2H3,(H,16,17). The van der Waals surface area contributed by atoms with E-state index >= 15 is 0 Å². The molecule has 17 heavy (non-hydrogen) atoms. The topological polar surface area (TPSA) is 55.1 Å². The van der Waals surface area contributed by atoms with Crippen molar-refractivity contribution in [1.29, 1.82) is 0 Å². The highest BCUT2D eigenvalue weighted by molar-refractivity contribution is 5.78. The zero-order valence-electron chi connectivity index (χ0n) is 11.4. The van der Waals surface area contributed by atoms with Crippen molar-refractivity contribution >= 4 is 5.91 Å². The highest BCUT2D eigenvalue weighted by atomic mass is 16.1. The number of nitrogens with one attached hydrogen (secondary N) is 1. The number of carbonyl (C=O) groups is 1. The smallest absolute Gasteiger partial charge is 0.223 e. The molecule has 0 bridgehead atoms. The second-order valence-electron chi connectivity index (χ2n) is 5.75. The van der Waals surface area contributed by atoms with Crippen molar-refractivity contribution in [2.45, 2.75) is 64.8 Å². The van der Waals surface area contributed by atoms with E-state index in [0.717, 1.165) is 25.7 Å². The molecule has 1 aliphatic rings. The zero-order chi connectivity index (χ0) is 12.7. The first-order valence-electron chi connectivity index (χ1n) is 7.14. The molecule has 100 valence electrons. The summed E-state index contributed by atoms with van der Waals surface area (Å²) in [6.45, 7) is 4.93. The number of hydrogen-bond donors (Lipinski definition) is 2. The van der Waals surface area contributed by atoms with Crippen LogP contribution < -0.4 is 11.1 Å². The molecular weight excluding hydrogens is 212 g/mol. The van der Waals surface area contributed by atoms with Crippen LogP contribution in [-0.4, -0.2) is 18.5 Å². The molecule has 1 saturated carbocycles. The number of rotatable bonds is 6. The van der Waals surface area contributed by atoms with Crippen molar-refractivity contribution in [3.05, 3.63) is 0 Å². The van der Waals surface area contributed by atoms with Crippen molar-refractivity contribution in [1.82, 2.24) is 5.32 Å². The minimum Gasteiger partial charge on any atom is -0.353 e. The summed E-state index contributed by atoms with van der Waals surface area (Å²) in [5.41, 5.74) is 5.60. The molecule has 3 nitrogen and oxygen atoms in total. The maximum Gasteiger partial charge on any atom is 0.223 e. The van der Waals surface area contributed by atoms with E-state index in [9.17, 15) is 4.79 Å². The first-order chi connectivity index (χ1) is 8.13. The molecule has 0 saturated heterocycles. The molecule has 0 radical (unpaired) electrons. The number of hydrogen-bond acceptors (Lipinski definition) is 2. The largest absolute Gasteiger partial charge is 0.353 e. The van der Waals surface area contributed by atoms with Crippen molar-refractivity contribution in [2.24, 2.45) is 17.6 Å². The summed E-state index contributed by atoms with van der Waals surface area (Å²) >= 11 is 0. The maximum absolute atomic E-state index is 12.2. The molecule has 0 heterocycles. The Kier molecular flexibility index (Phi) is 6.56. The second kappa shape index (κ2) is 7.70.